The quantitative estimate of drug-likeness (QED) is 0.862. The second kappa shape index (κ2) is 7.11. The Morgan fingerprint density at radius 3 is 2.80 bits per heavy atom. The van der Waals surface area contributed by atoms with Crippen molar-refractivity contribution >= 4 is 23.2 Å². The van der Waals surface area contributed by atoms with E-state index in [4.69, 9.17) is 23.2 Å². The number of aryl methyl sites for hydroxylation is 1. The third kappa shape index (κ3) is 3.17. The zero-order valence-corrected chi connectivity index (χ0v) is 13.2. The Morgan fingerprint density at radius 1 is 1.30 bits per heavy atom. The van der Waals surface area contributed by atoms with Crippen molar-refractivity contribution in [1.82, 2.24) is 14.9 Å². The molecule has 1 aromatic heterocycles. The van der Waals surface area contributed by atoms with Gasteiger partial charge in [-0.15, -0.1) is 0 Å². The Hall–Kier alpha value is -1.03. The van der Waals surface area contributed by atoms with Gasteiger partial charge in [-0.1, -0.05) is 42.3 Å². The molecule has 0 fully saturated rings. The molecule has 0 saturated heterocycles. The van der Waals surface area contributed by atoms with Gasteiger partial charge in [-0.05, 0) is 31.5 Å². The van der Waals surface area contributed by atoms with Crippen molar-refractivity contribution in [3.05, 3.63) is 52.0 Å². The number of nitrogens with one attached hydrogen (secondary N) is 1. The van der Waals surface area contributed by atoms with Crippen LogP contribution in [0.25, 0.3) is 0 Å². The molecule has 1 aromatic carbocycles. The molecule has 0 aliphatic rings. The monoisotopic (exact) mass is 311 g/mol. The first-order valence-electron chi connectivity index (χ1n) is 6.87. The van der Waals surface area contributed by atoms with E-state index in [0.717, 1.165) is 30.9 Å². The fourth-order valence-corrected chi connectivity index (χ4v) is 2.64. The summed E-state index contributed by atoms with van der Waals surface area (Å²) in [6, 6.07) is 5.67. The van der Waals surface area contributed by atoms with Gasteiger partial charge in [0.15, 0.2) is 0 Å². The lowest BCUT2D eigenvalue weighted by atomic mass is 10.1. The van der Waals surface area contributed by atoms with Gasteiger partial charge in [0.1, 0.15) is 5.82 Å². The molecule has 0 amide bonds. The zero-order valence-electron chi connectivity index (χ0n) is 11.7. The molecule has 108 valence electrons. The lowest BCUT2D eigenvalue weighted by Crippen LogP contribution is -2.26. The van der Waals surface area contributed by atoms with Crippen molar-refractivity contribution in [3.8, 4) is 0 Å². The average molecular weight is 312 g/mol. The molecule has 5 heteroatoms. The summed E-state index contributed by atoms with van der Waals surface area (Å²) in [6.07, 6.45) is 4.84. The predicted octanol–water partition coefficient (Wildman–Crippen LogP) is 4.30. The largest absolute Gasteiger partial charge is 0.334 e. The molecule has 0 radical (unpaired) electrons. The van der Waals surface area contributed by atoms with Crippen LogP contribution in [0.4, 0.5) is 0 Å². The molecule has 0 spiro atoms. The molecule has 1 unspecified atom stereocenters. The summed E-state index contributed by atoms with van der Waals surface area (Å²) in [5, 5.41) is 4.67. The van der Waals surface area contributed by atoms with Crippen LogP contribution in [0, 0.1) is 0 Å². The van der Waals surface area contributed by atoms with Crippen molar-refractivity contribution in [2.45, 2.75) is 32.9 Å². The number of benzene rings is 1. The maximum atomic E-state index is 6.37. The molecule has 3 nitrogen and oxygen atoms in total. The van der Waals surface area contributed by atoms with Crippen LogP contribution < -0.4 is 5.32 Å². The number of halogens is 2. The van der Waals surface area contributed by atoms with Crippen LogP contribution in [0.5, 0.6) is 0 Å². The van der Waals surface area contributed by atoms with E-state index in [0.29, 0.717) is 10.0 Å². The van der Waals surface area contributed by atoms with Crippen LogP contribution in [0.1, 0.15) is 37.7 Å². The predicted molar refractivity (Wildman–Crippen MR) is 84.5 cm³/mol. The minimum Gasteiger partial charge on any atom is -0.334 e. The van der Waals surface area contributed by atoms with Gasteiger partial charge in [-0.3, -0.25) is 0 Å². The van der Waals surface area contributed by atoms with Gasteiger partial charge < -0.3 is 9.88 Å². The molecular formula is C15H19Cl2N3. The highest BCUT2D eigenvalue weighted by molar-refractivity contribution is 6.42. The summed E-state index contributed by atoms with van der Waals surface area (Å²) in [4.78, 5) is 4.49. The van der Waals surface area contributed by atoms with Gasteiger partial charge >= 0.3 is 0 Å². The lowest BCUT2D eigenvalue weighted by molar-refractivity contribution is 0.542. The van der Waals surface area contributed by atoms with Crippen LogP contribution in [-0.4, -0.2) is 16.1 Å². The van der Waals surface area contributed by atoms with Gasteiger partial charge in [-0.2, -0.15) is 0 Å². The molecule has 2 aromatic rings. The number of hydrogen-bond acceptors (Lipinski definition) is 2. The van der Waals surface area contributed by atoms with E-state index in [1.807, 2.05) is 24.5 Å². The third-order valence-electron chi connectivity index (χ3n) is 3.24. The maximum Gasteiger partial charge on any atom is 0.130 e. The van der Waals surface area contributed by atoms with Crippen molar-refractivity contribution < 1.29 is 0 Å². The van der Waals surface area contributed by atoms with Crippen molar-refractivity contribution in [2.75, 3.05) is 6.54 Å². The molecular weight excluding hydrogens is 293 g/mol. The van der Waals surface area contributed by atoms with Crippen molar-refractivity contribution in [2.24, 2.45) is 0 Å². The van der Waals surface area contributed by atoms with Crippen LogP contribution >= 0.6 is 23.2 Å². The Morgan fingerprint density at radius 2 is 2.10 bits per heavy atom. The number of rotatable bonds is 6. The zero-order chi connectivity index (χ0) is 14.5. The molecule has 20 heavy (non-hydrogen) atoms. The maximum absolute atomic E-state index is 6.37. The van der Waals surface area contributed by atoms with E-state index >= 15 is 0 Å². The minimum atomic E-state index is -0.0453. The third-order valence-corrected chi connectivity index (χ3v) is 4.07. The summed E-state index contributed by atoms with van der Waals surface area (Å²) in [5.74, 6) is 0.963. The van der Waals surface area contributed by atoms with E-state index in [-0.39, 0.29) is 6.04 Å². The number of aromatic nitrogens is 2. The van der Waals surface area contributed by atoms with Crippen LogP contribution in [0.15, 0.2) is 30.6 Å². The second-order valence-electron chi connectivity index (χ2n) is 4.60. The Labute approximate surface area is 129 Å². The summed E-state index contributed by atoms with van der Waals surface area (Å²) in [5.41, 5.74) is 0.966. The number of hydrogen-bond donors (Lipinski definition) is 1. The normalized spacial score (nSPS) is 12.6. The molecule has 2 rings (SSSR count). The topological polar surface area (TPSA) is 29.9 Å². The first kappa shape index (κ1) is 15.4. The Bertz CT molecular complexity index is 566. The standard InChI is InChI=1S/C15H19Cl2N3/c1-3-8-18-14(15-19-9-10-20(15)4-2)11-6-5-7-12(16)13(11)17/h5-7,9-10,14,18H,3-4,8H2,1-2H3. The molecule has 1 N–H and O–H groups in total. The molecule has 1 atom stereocenters. The minimum absolute atomic E-state index is 0.0453. The van der Waals surface area contributed by atoms with E-state index in [9.17, 15) is 0 Å². The SMILES string of the molecule is CCCNC(c1cccc(Cl)c1Cl)c1nccn1CC. The smallest absolute Gasteiger partial charge is 0.130 e. The van der Waals surface area contributed by atoms with Gasteiger partial charge in [0, 0.05) is 18.9 Å². The van der Waals surface area contributed by atoms with E-state index in [2.05, 4.69) is 28.7 Å². The lowest BCUT2D eigenvalue weighted by Gasteiger charge is -2.21. The Kier molecular flexibility index (Phi) is 5.46. The first-order valence-corrected chi connectivity index (χ1v) is 7.62. The summed E-state index contributed by atoms with van der Waals surface area (Å²) in [6.45, 7) is 6.00. The average Bonchev–Trinajstić information content (AvgIpc) is 2.92. The number of nitrogens with zero attached hydrogens (tertiary/aromatic N) is 2. The van der Waals surface area contributed by atoms with Gasteiger partial charge in [0.25, 0.3) is 0 Å². The highest BCUT2D eigenvalue weighted by Crippen LogP contribution is 2.32. The summed E-state index contributed by atoms with van der Waals surface area (Å²) in [7, 11) is 0. The second-order valence-corrected chi connectivity index (χ2v) is 5.39. The van der Waals surface area contributed by atoms with Gasteiger partial charge in [-0.25, -0.2) is 4.98 Å². The van der Waals surface area contributed by atoms with Gasteiger partial charge in [0.2, 0.25) is 0 Å². The van der Waals surface area contributed by atoms with E-state index in [1.54, 1.807) is 6.07 Å². The fourth-order valence-electron chi connectivity index (χ4n) is 2.22. The van der Waals surface area contributed by atoms with Gasteiger partial charge in [0.05, 0.1) is 16.1 Å². The van der Waals surface area contributed by atoms with Crippen LogP contribution in [0.3, 0.4) is 0 Å². The molecule has 0 bridgehead atoms. The highest BCUT2D eigenvalue weighted by atomic mass is 35.5. The molecule has 0 aliphatic carbocycles. The fraction of sp³-hybridized carbons (Fsp3) is 0.400. The first-order chi connectivity index (χ1) is 9.69. The molecule has 0 aliphatic heterocycles. The van der Waals surface area contributed by atoms with E-state index < -0.39 is 0 Å². The van der Waals surface area contributed by atoms with E-state index in [1.165, 1.54) is 0 Å². The molecule has 0 saturated carbocycles. The number of imidazole rings is 1. The van der Waals surface area contributed by atoms with Crippen LogP contribution in [-0.2, 0) is 6.54 Å². The summed E-state index contributed by atoms with van der Waals surface area (Å²) < 4.78 is 2.12. The Balaban J connectivity index is 2.44. The molecule has 1 heterocycles. The van der Waals surface area contributed by atoms with Crippen molar-refractivity contribution in [3.63, 3.8) is 0 Å². The highest BCUT2D eigenvalue weighted by Gasteiger charge is 2.21. The van der Waals surface area contributed by atoms with Crippen LogP contribution in [0.2, 0.25) is 10.0 Å². The van der Waals surface area contributed by atoms with Crippen molar-refractivity contribution in [1.29, 1.82) is 0 Å². The summed E-state index contributed by atoms with van der Waals surface area (Å²) >= 11 is 12.5.